The lowest BCUT2D eigenvalue weighted by Crippen LogP contribution is -2.49. The topological polar surface area (TPSA) is 66.9 Å². The molecule has 0 radical (unpaired) electrons. The lowest BCUT2D eigenvalue weighted by atomic mass is 10.1. The average molecular weight is 455 g/mol. The SMILES string of the molecule is CC(C)Oc1ccc(S(C)(=O)=O)cc1C(=O)N1CCN(c2ccc(Cl)cc2F)CC1. The number of halogens is 2. The fourth-order valence-corrected chi connectivity index (χ4v) is 4.13. The molecular weight excluding hydrogens is 431 g/mol. The van der Waals surface area contributed by atoms with E-state index in [0.29, 0.717) is 42.6 Å². The fourth-order valence-electron chi connectivity index (χ4n) is 3.32. The van der Waals surface area contributed by atoms with E-state index < -0.39 is 15.7 Å². The predicted molar refractivity (Wildman–Crippen MR) is 115 cm³/mol. The van der Waals surface area contributed by atoms with Gasteiger partial charge in [-0.25, -0.2) is 12.8 Å². The Morgan fingerprint density at radius 2 is 1.77 bits per heavy atom. The van der Waals surface area contributed by atoms with E-state index in [1.54, 1.807) is 17.0 Å². The van der Waals surface area contributed by atoms with Crippen LogP contribution in [0.2, 0.25) is 5.02 Å². The number of benzene rings is 2. The highest BCUT2D eigenvalue weighted by Crippen LogP contribution is 2.27. The van der Waals surface area contributed by atoms with E-state index in [-0.39, 0.29) is 22.5 Å². The third kappa shape index (κ3) is 5.05. The molecule has 3 rings (SSSR count). The molecule has 0 atom stereocenters. The number of piperazine rings is 1. The van der Waals surface area contributed by atoms with Gasteiger partial charge < -0.3 is 14.5 Å². The smallest absolute Gasteiger partial charge is 0.257 e. The number of nitrogens with zero attached hydrogens (tertiary/aromatic N) is 2. The van der Waals surface area contributed by atoms with Gasteiger partial charge in [0.2, 0.25) is 0 Å². The first-order valence-corrected chi connectivity index (χ1v) is 11.8. The minimum Gasteiger partial charge on any atom is -0.490 e. The van der Waals surface area contributed by atoms with Gasteiger partial charge in [-0.3, -0.25) is 4.79 Å². The molecule has 1 saturated heterocycles. The number of sulfone groups is 1. The van der Waals surface area contributed by atoms with Crippen LogP contribution in [0.25, 0.3) is 0 Å². The van der Waals surface area contributed by atoms with Gasteiger partial charge in [0.05, 0.1) is 22.3 Å². The van der Waals surface area contributed by atoms with Gasteiger partial charge in [0.1, 0.15) is 11.6 Å². The third-order valence-corrected chi connectivity index (χ3v) is 6.13. The maximum absolute atomic E-state index is 14.2. The van der Waals surface area contributed by atoms with E-state index >= 15 is 0 Å². The van der Waals surface area contributed by atoms with Crippen LogP contribution in [-0.4, -0.2) is 57.8 Å². The lowest BCUT2D eigenvalue weighted by Gasteiger charge is -2.36. The second-order valence-corrected chi connectivity index (χ2v) is 9.92. The number of carbonyl (C=O) groups excluding carboxylic acids is 1. The largest absolute Gasteiger partial charge is 0.490 e. The number of hydrogen-bond acceptors (Lipinski definition) is 5. The molecular formula is C21H24ClFN2O4S. The molecule has 0 unspecified atom stereocenters. The highest BCUT2D eigenvalue weighted by atomic mass is 35.5. The zero-order valence-corrected chi connectivity index (χ0v) is 18.6. The van der Waals surface area contributed by atoms with Gasteiger partial charge in [-0.1, -0.05) is 11.6 Å². The first-order chi connectivity index (χ1) is 14.1. The van der Waals surface area contributed by atoms with Crippen molar-refractivity contribution in [1.29, 1.82) is 0 Å². The van der Waals surface area contributed by atoms with Crippen molar-refractivity contribution < 1.29 is 22.3 Å². The fraction of sp³-hybridized carbons (Fsp3) is 0.381. The van der Waals surface area contributed by atoms with Crippen LogP contribution in [-0.2, 0) is 9.84 Å². The van der Waals surface area contributed by atoms with Crippen molar-refractivity contribution in [2.24, 2.45) is 0 Å². The number of carbonyl (C=O) groups is 1. The first-order valence-electron chi connectivity index (χ1n) is 9.56. The molecule has 6 nitrogen and oxygen atoms in total. The van der Waals surface area contributed by atoms with Crippen LogP contribution < -0.4 is 9.64 Å². The molecule has 0 aliphatic carbocycles. The molecule has 2 aromatic carbocycles. The van der Waals surface area contributed by atoms with Gasteiger partial charge in [-0.2, -0.15) is 0 Å². The monoisotopic (exact) mass is 454 g/mol. The average Bonchev–Trinajstić information content (AvgIpc) is 2.67. The van der Waals surface area contributed by atoms with Gasteiger partial charge >= 0.3 is 0 Å². The van der Waals surface area contributed by atoms with E-state index in [1.807, 2.05) is 18.7 Å². The van der Waals surface area contributed by atoms with Gasteiger partial charge in [0.25, 0.3) is 5.91 Å². The van der Waals surface area contributed by atoms with Crippen LogP contribution in [0.15, 0.2) is 41.3 Å². The van der Waals surface area contributed by atoms with Crippen molar-refractivity contribution in [2.45, 2.75) is 24.8 Å². The number of amides is 1. The summed E-state index contributed by atoms with van der Waals surface area (Å²) in [5.74, 6) is -0.378. The summed E-state index contributed by atoms with van der Waals surface area (Å²) >= 11 is 5.82. The Balaban J connectivity index is 1.81. The molecule has 1 fully saturated rings. The summed E-state index contributed by atoms with van der Waals surface area (Å²) in [4.78, 5) is 16.7. The van der Waals surface area contributed by atoms with Gasteiger partial charge in [0.15, 0.2) is 9.84 Å². The van der Waals surface area contributed by atoms with Crippen LogP contribution in [0.3, 0.4) is 0 Å². The number of rotatable bonds is 5. The molecule has 162 valence electrons. The highest BCUT2D eigenvalue weighted by Gasteiger charge is 2.27. The van der Waals surface area contributed by atoms with Gasteiger partial charge in [0, 0.05) is 37.5 Å². The van der Waals surface area contributed by atoms with Crippen molar-refractivity contribution in [3.63, 3.8) is 0 Å². The van der Waals surface area contributed by atoms with Gasteiger partial charge in [-0.05, 0) is 50.2 Å². The zero-order chi connectivity index (χ0) is 22.1. The maximum Gasteiger partial charge on any atom is 0.257 e. The standard InChI is InChI=1S/C21H24ClFN2O4S/c1-14(2)29-20-7-5-16(30(3,27)28)13-17(20)21(26)25-10-8-24(9-11-25)19-6-4-15(22)12-18(19)23/h4-7,12-14H,8-11H2,1-3H3. The van der Waals surface area contributed by atoms with Crippen LogP contribution in [0.1, 0.15) is 24.2 Å². The molecule has 0 aromatic heterocycles. The molecule has 1 aliphatic rings. The molecule has 30 heavy (non-hydrogen) atoms. The Morgan fingerprint density at radius 1 is 1.10 bits per heavy atom. The number of ether oxygens (including phenoxy) is 1. The molecule has 1 heterocycles. The molecule has 0 saturated carbocycles. The summed E-state index contributed by atoms with van der Waals surface area (Å²) in [5, 5.41) is 0.327. The van der Waals surface area contributed by atoms with Crippen molar-refractivity contribution in [3.8, 4) is 5.75 Å². The van der Waals surface area contributed by atoms with E-state index in [1.165, 1.54) is 24.3 Å². The Bertz CT molecular complexity index is 1050. The Kier molecular flexibility index (Phi) is 6.57. The number of anilines is 1. The van der Waals surface area contributed by atoms with Crippen LogP contribution in [0.5, 0.6) is 5.75 Å². The van der Waals surface area contributed by atoms with E-state index in [2.05, 4.69) is 0 Å². The summed E-state index contributed by atoms with van der Waals surface area (Å²) in [6.45, 7) is 5.28. The van der Waals surface area contributed by atoms with Gasteiger partial charge in [-0.15, -0.1) is 0 Å². The summed E-state index contributed by atoms with van der Waals surface area (Å²) in [6.07, 6.45) is 0.921. The quantitative estimate of drug-likeness (QED) is 0.690. The second kappa shape index (κ2) is 8.81. The highest BCUT2D eigenvalue weighted by molar-refractivity contribution is 7.90. The minimum absolute atomic E-state index is 0.0591. The van der Waals surface area contributed by atoms with Crippen LogP contribution >= 0.6 is 11.6 Å². The Hall–Kier alpha value is -2.32. The third-order valence-electron chi connectivity index (χ3n) is 4.79. The van der Waals surface area contributed by atoms with E-state index in [0.717, 1.165) is 6.26 Å². The van der Waals surface area contributed by atoms with Crippen molar-refractivity contribution in [2.75, 3.05) is 37.3 Å². The predicted octanol–water partition coefficient (Wildman–Crippen LogP) is 3.63. The van der Waals surface area contributed by atoms with Crippen LogP contribution in [0, 0.1) is 5.82 Å². The maximum atomic E-state index is 14.2. The Labute approximate surface area is 181 Å². The van der Waals surface area contributed by atoms with E-state index in [9.17, 15) is 17.6 Å². The minimum atomic E-state index is -3.47. The number of hydrogen-bond donors (Lipinski definition) is 0. The van der Waals surface area contributed by atoms with Crippen molar-refractivity contribution >= 4 is 33.0 Å². The van der Waals surface area contributed by atoms with E-state index in [4.69, 9.17) is 16.3 Å². The Morgan fingerprint density at radius 3 is 2.33 bits per heavy atom. The molecule has 1 aliphatic heterocycles. The molecule has 9 heteroatoms. The van der Waals surface area contributed by atoms with Crippen LogP contribution in [0.4, 0.5) is 10.1 Å². The molecule has 2 aromatic rings. The van der Waals surface area contributed by atoms with Crippen molar-refractivity contribution in [1.82, 2.24) is 4.90 Å². The lowest BCUT2D eigenvalue weighted by molar-refractivity contribution is 0.0740. The normalized spacial score (nSPS) is 14.9. The summed E-state index contributed by atoms with van der Waals surface area (Å²) < 4.78 is 43.8. The second-order valence-electron chi connectivity index (χ2n) is 7.47. The van der Waals surface area contributed by atoms with Crippen molar-refractivity contribution in [3.05, 3.63) is 52.8 Å². The summed E-state index contributed by atoms with van der Waals surface area (Å²) in [5.41, 5.74) is 0.646. The summed E-state index contributed by atoms with van der Waals surface area (Å²) in [6, 6.07) is 8.83. The molecule has 0 N–H and O–H groups in total. The zero-order valence-electron chi connectivity index (χ0n) is 17.1. The molecule has 0 spiro atoms. The molecule has 0 bridgehead atoms. The first kappa shape index (κ1) is 22.4. The molecule has 1 amide bonds. The summed E-state index contributed by atoms with van der Waals surface area (Å²) in [7, 11) is -3.47.